The Hall–Kier alpha value is -2.85. The van der Waals surface area contributed by atoms with Gasteiger partial charge < -0.3 is 0 Å². The molecule has 1 aliphatic rings. The minimum Gasteiger partial charge on any atom is -0.207 e. The molecule has 0 heterocycles. The van der Waals surface area contributed by atoms with E-state index in [2.05, 4.69) is 55.2 Å². The van der Waals surface area contributed by atoms with Gasteiger partial charge in [0.15, 0.2) is 0 Å². The van der Waals surface area contributed by atoms with Crippen molar-refractivity contribution in [1.82, 2.24) is 0 Å². The van der Waals surface area contributed by atoms with Crippen molar-refractivity contribution in [2.24, 2.45) is 0 Å². The van der Waals surface area contributed by atoms with Gasteiger partial charge in [0.1, 0.15) is 5.82 Å². The van der Waals surface area contributed by atoms with Gasteiger partial charge in [-0.1, -0.05) is 68.7 Å². The standard InChI is InChI=1S/C29H29F/c1-2-3-4-5-6-7-23-12-18-28-25(20-23)14-15-26-21-24(13-19-29(26)28)9-8-22-10-16-27(30)17-11-22/h10-13,16-21H,2-7,14-15H2,1H3. The number of hydrogen-bond acceptors (Lipinski definition) is 0. The Morgan fingerprint density at radius 3 is 2.10 bits per heavy atom. The summed E-state index contributed by atoms with van der Waals surface area (Å²) in [7, 11) is 0. The molecule has 0 saturated heterocycles. The maximum atomic E-state index is 13.0. The molecule has 0 aromatic heterocycles. The van der Waals surface area contributed by atoms with E-state index in [-0.39, 0.29) is 5.82 Å². The number of rotatable bonds is 6. The van der Waals surface area contributed by atoms with Crippen molar-refractivity contribution in [3.05, 3.63) is 94.3 Å². The summed E-state index contributed by atoms with van der Waals surface area (Å²) in [6.07, 6.45) is 10.0. The van der Waals surface area contributed by atoms with Crippen molar-refractivity contribution in [3.63, 3.8) is 0 Å². The van der Waals surface area contributed by atoms with Crippen LogP contribution in [-0.2, 0) is 19.3 Å². The van der Waals surface area contributed by atoms with E-state index in [1.54, 1.807) is 12.1 Å². The predicted octanol–water partition coefficient (Wildman–Crippen LogP) is 7.50. The number of hydrogen-bond donors (Lipinski definition) is 0. The minimum absolute atomic E-state index is 0.229. The van der Waals surface area contributed by atoms with Crippen LogP contribution >= 0.6 is 0 Å². The molecule has 0 amide bonds. The zero-order chi connectivity index (χ0) is 20.8. The first-order valence-electron chi connectivity index (χ1n) is 11.3. The predicted molar refractivity (Wildman–Crippen MR) is 124 cm³/mol. The maximum absolute atomic E-state index is 13.0. The molecular weight excluding hydrogens is 367 g/mol. The van der Waals surface area contributed by atoms with Crippen LogP contribution in [-0.4, -0.2) is 0 Å². The van der Waals surface area contributed by atoms with Crippen molar-refractivity contribution in [3.8, 4) is 23.0 Å². The molecule has 3 aromatic rings. The largest absolute Gasteiger partial charge is 0.207 e. The van der Waals surface area contributed by atoms with Crippen molar-refractivity contribution in [2.45, 2.75) is 58.3 Å². The zero-order valence-corrected chi connectivity index (χ0v) is 17.8. The van der Waals surface area contributed by atoms with Crippen molar-refractivity contribution in [1.29, 1.82) is 0 Å². The second-order valence-corrected chi connectivity index (χ2v) is 8.28. The van der Waals surface area contributed by atoms with Crippen LogP contribution in [0.2, 0.25) is 0 Å². The monoisotopic (exact) mass is 396 g/mol. The zero-order valence-electron chi connectivity index (χ0n) is 17.8. The van der Waals surface area contributed by atoms with E-state index in [0.717, 1.165) is 24.0 Å². The van der Waals surface area contributed by atoms with Gasteiger partial charge in [0, 0.05) is 11.1 Å². The molecule has 4 rings (SSSR count). The lowest BCUT2D eigenvalue weighted by Crippen LogP contribution is -2.05. The molecule has 0 radical (unpaired) electrons. The van der Waals surface area contributed by atoms with Crippen LogP contribution in [0, 0.1) is 17.7 Å². The first-order chi connectivity index (χ1) is 14.7. The van der Waals surface area contributed by atoms with Gasteiger partial charge in [-0.25, -0.2) is 4.39 Å². The van der Waals surface area contributed by atoms with E-state index in [1.807, 2.05) is 0 Å². The van der Waals surface area contributed by atoms with Gasteiger partial charge in [0.25, 0.3) is 0 Å². The average molecular weight is 397 g/mol. The molecule has 30 heavy (non-hydrogen) atoms. The van der Waals surface area contributed by atoms with E-state index >= 15 is 0 Å². The Kier molecular flexibility index (Phi) is 6.65. The van der Waals surface area contributed by atoms with Gasteiger partial charge >= 0.3 is 0 Å². The molecule has 3 aromatic carbocycles. The summed E-state index contributed by atoms with van der Waals surface area (Å²) in [5.41, 5.74) is 8.92. The maximum Gasteiger partial charge on any atom is 0.123 e. The van der Waals surface area contributed by atoms with E-state index in [4.69, 9.17) is 0 Å². The van der Waals surface area contributed by atoms with E-state index < -0.39 is 0 Å². The van der Waals surface area contributed by atoms with Crippen LogP contribution in [0.5, 0.6) is 0 Å². The Morgan fingerprint density at radius 1 is 0.700 bits per heavy atom. The number of fused-ring (bicyclic) bond motifs is 3. The lowest BCUT2D eigenvalue weighted by atomic mass is 9.83. The topological polar surface area (TPSA) is 0 Å². The fraction of sp³-hybridized carbons (Fsp3) is 0.310. The molecule has 0 spiro atoms. The van der Waals surface area contributed by atoms with E-state index in [0.29, 0.717) is 0 Å². The smallest absolute Gasteiger partial charge is 0.123 e. The Bertz CT molecular complexity index is 1060. The molecule has 1 heteroatoms. The summed E-state index contributed by atoms with van der Waals surface area (Å²) >= 11 is 0. The highest BCUT2D eigenvalue weighted by Crippen LogP contribution is 2.34. The summed E-state index contributed by atoms with van der Waals surface area (Å²) in [5.74, 6) is 6.14. The van der Waals surface area contributed by atoms with Crippen LogP contribution in [0.4, 0.5) is 4.39 Å². The summed E-state index contributed by atoms with van der Waals surface area (Å²) in [5, 5.41) is 0. The SMILES string of the molecule is CCCCCCCc1ccc2c(c1)CCc1cc(C#Cc3ccc(F)cc3)ccc1-2. The number of unbranched alkanes of at least 4 members (excludes halogenated alkanes) is 4. The molecule has 1 aliphatic carbocycles. The van der Waals surface area contributed by atoms with Gasteiger partial charge in [-0.05, 0) is 89.9 Å². The number of halogens is 1. The highest BCUT2D eigenvalue weighted by Gasteiger charge is 2.16. The van der Waals surface area contributed by atoms with Crippen molar-refractivity contribution >= 4 is 0 Å². The van der Waals surface area contributed by atoms with Crippen molar-refractivity contribution in [2.75, 3.05) is 0 Å². The van der Waals surface area contributed by atoms with Gasteiger partial charge in [-0.2, -0.15) is 0 Å². The van der Waals surface area contributed by atoms with Gasteiger partial charge in [-0.3, -0.25) is 0 Å². The van der Waals surface area contributed by atoms with E-state index in [1.165, 1.54) is 78.5 Å². The van der Waals surface area contributed by atoms with E-state index in [9.17, 15) is 4.39 Å². The lowest BCUT2D eigenvalue weighted by Gasteiger charge is -2.21. The minimum atomic E-state index is -0.229. The normalized spacial score (nSPS) is 11.9. The van der Waals surface area contributed by atoms with Gasteiger partial charge in [0.05, 0.1) is 0 Å². The molecule has 0 fully saturated rings. The molecule has 0 bridgehead atoms. The van der Waals surface area contributed by atoms with Crippen molar-refractivity contribution < 1.29 is 4.39 Å². The first kappa shape index (κ1) is 20.4. The van der Waals surface area contributed by atoms with Crippen LogP contribution in [0.25, 0.3) is 11.1 Å². The Labute approximate surface area is 180 Å². The highest BCUT2D eigenvalue weighted by molar-refractivity contribution is 5.74. The fourth-order valence-corrected chi connectivity index (χ4v) is 4.29. The average Bonchev–Trinajstić information content (AvgIpc) is 2.78. The summed E-state index contributed by atoms with van der Waals surface area (Å²) in [4.78, 5) is 0. The highest BCUT2D eigenvalue weighted by atomic mass is 19.1. The Morgan fingerprint density at radius 2 is 1.33 bits per heavy atom. The molecular formula is C29H29F. The third kappa shape index (κ3) is 5.00. The third-order valence-electron chi connectivity index (χ3n) is 5.99. The first-order valence-corrected chi connectivity index (χ1v) is 11.3. The van der Waals surface area contributed by atoms with Gasteiger partial charge in [-0.15, -0.1) is 0 Å². The van der Waals surface area contributed by atoms with Crippen LogP contribution in [0.15, 0.2) is 60.7 Å². The molecule has 0 aliphatic heterocycles. The molecule has 0 saturated carbocycles. The molecule has 0 atom stereocenters. The lowest BCUT2D eigenvalue weighted by molar-refractivity contribution is 0.627. The molecule has 0 N–H and O–H groups in total. The second-order valence-electron chi connectivity index (χ2n) is 8.28. The molecule has 0 unspecified atom stereocenters. The quantitative estimate of drug-likeness (QED) is 0.299. The fourth-order valence-electron chi connectivity index (χ4n) is 4.29. The summed E-state index contributed by atoms with van der Waals surface area (Å²) < 4.78 is 13.0. The Balaban J connectivity index is 1.47. The van der Waals surface area contributed by atoms with Crippen LogP contribution < -0.4 is 0 Å². The summed E-state index contributed by atoms with van der Waals surface area (Å²) in [6.45, 7) is 2.27. The molecule has 0 nitrogen and oxygen atoms in total. The second kappa shape index (κ2) is 9.77. The number of aryl methyl sites for hydroxylation is 3. The number of benzene rings is 3. The van der Waals surface area contributed by atoms with Crippen LogP contribution in [0.1, 0.15) is 66.8 Å². The van der Waals surface area contributed by atoms with Crippen LogP contribution in [0.3, 0.4) is 0 Å². The summed E-state index contributed by atoms with van der Waals surface area (Å²) in [6, 6.07) is 19.9. The molecule has 152 valence electrons. The van der Waals surface area contributed by atoms with Gasteiger partial charge in [0.2, 0.25) is 0 Å². The third-order valence-corrected chi connectivity index (χ3v) is 5.99.